The lowest BCUT2D eigenvalue weighted by Crippen LogP contribution is -2.09. The van der Waals surface area contributed by atoms with Crippen LogP contribution < -0.4 is 11.1 Å². The fraction of sp³-hybridized carbons (Fsp3) is 0.238. The Balaban J connectivity index is 1.67. The predicted molar refractivity (Wildman–Crippen MR) is 114 cm³/mol. The van der Waals surface area contributed by atoms with Crippen molar-refractivity contribution in [3.8, 4) is 17.1 Å². The standard InChI is InChI=1S/C21H23N7O/c1-13(2)28-12-25-18-20(23-10-9-14-3-6-16(29)7-4-14)26-19(27-21(18)28)15-5-8-17(22)24-11-15/h3-8,11-13,29H,9-10H2,1-2H3,(H2,22,24)(H,23,26,27). The molecule has 29 heavy (non-hydrogen) atoms. The van der Waals surface area contributed by atoms with E-state index in [1.165, 1.54) is 0 Å². The molecule has 0 radical (unpaired) electrons. The van der Waals surface area contributed by atoms with Gasteiger partial charge in [-0.1, -0.05) is 12.1 Å². The number of imidazole rings is 1. The number of nitrogens with zero attached hydrogens (tertiary/aromatic N) is 5. The number of nitrogens with two attached hydrogens (primary N) is 1. The Morgan fingerprint density at radius 2 is 1.86 bits per heavy atom. The maximum atomic E-state index is 9.43. The van der Waals surface area contributed by atoms with Crippen molar-refractivity contribution < 1.29 is 5.11 Å². The molecule has 0 aliphatic rings. The molecule has 0 aliphatic heterocycles. The summed E-state index contributed by atoms with van der Waals surface area (Å²) in [5.74, 6) is 1.97. The Hall–Kier alpha value is -3.68. The summed E-state index contributed by atoms with van der Waals surface area (Å²) in [7, 11) is 0. The molecule has 0 saturated carbocycles. The van der Waals surface area contributed by atoms with Gasteiger partial charge in [-0.15, -0.1) is 0 Å². The molecule has 0 aliphatic carbocycles. The molecule has 0 bridgehead atoms. The van der Waals surface area contributed by atoms with Crippen LogP contribution in [0.1, 0.15) is 25.5 Å². The largest absolute Gasteiger partial charge is 0.508 e. The number of hydrogen-bond acceptors (Lipinski definition) is 7. The molecule has 3 heterocycles. The zero-order valence-electron chi connectivity index (χ0n) is 16.4. The first-order valence-electron chi connectivity index (χ1n) is 9.49. The lowest BCUT2D eigenvalue weighted by atomic mass is 10.1. The fourth-order valence-electron chi connectivity index (χ4n) is 3.07. The second-order valence-electron chi connectivity index (χ2n) is 7.13. The van der Waals surface area contributed by atoms with Crippen LogP contribution >= 0.6 is 0 Å². The molecule has 0 saturated heterocycles. The second-order valence-corrected chi connectivity index (χ2v) is 7.13. The highest BCUT2D eigenvalue weighted by Crippen LogP contribution is 2.26. The predicted octanol–water partition coefficient (Wildman–Crippen LogP) is 3.41. The highest BCUT2D eigenvalue weighted by atomic mass is 16.3. The number of rotatable bonds is 6. The number of anilines is 2. The van der Waals surface area contributed by atoms with Gasteiger partial charge in [0.15, 0.2) is 17.3 Å². The highest BCUT2D eigenvalue weighted by molar-refractivity contribution is 5.85. The molecule has 4 aromatic rings. The van der Waals surface area contributed by atoms with E-state index in [-0.39, 0.29) is 11.8 Å². The topological polar surface area (TPSA) is 115 Å². The van der Waals surface area contributed by atoms with E-state index in [4.69, 9.17) is 15.7 Å². The second kappa shape index (κ2) is 7.75. The third kappa shape index (κ3) is 3.96. The first-order valence-corrected chi connectivity index (χ1v) is 9.49. The van der Waals surface area contributed by atoms with E-state index in [1.54, 1.807) is 30.7 Å². The molecule has 0 fully saturated rings. The molecule has 4 N–H and O–H groups in total. The number of phenolic OH excluding ortho intramolecular Hbond substituents is 1. The molecule has 0 unspecified atom stereocenters. The van der Waals surface area contributed by atoms with Gasteiger partial charge in [-0.25, -0.2) is 19.9 Å². The van der Waals surface area contributed by atoms with Gasteiger partial charge in [-0.05, 0) is 50.1 Å². The number of nitrogen functional groups attached to an aromatic ring is 1. The van der Waals surface area contributed by atoms with Gasteiger partial charge in [0.1, 0.15) is 17.1 Å². The summed E-state index contributed by atoms with van der Waals surface area (Å²) in [6, 6.07) is 11.0. The minimum Gasteiger partial charge on any atom is -0.508 e. The van der Waals surface area contributed by atoms with Crippen LogP contribution in [0.2, 0.25) is 0 Å². The van der Waals surface area contributed by atoms with Crippen LogP contribution in [0.25, 0.3) is 22.6 Å². The Bertz CT molecular complexity index is 1120. The molecule has 4 rings (SSSR count). The number of aromatic hydroxyl groups is 1. The van der Waals surface area contributed by atoms with E-state index in [9.17, 15) is 5.11 Å². The van der Waals surface area contributed by atoms with Crippen LogP contribution in [0, 0.1) is 0 Å². The third-order valence-corrected chi connectivity index (χ3v) is 4.66. The van der Waals surface area contributed by atoms with E-state index in [0.717, 1.165) is 28.7 Å². The van der Waals surface area contributed by atoms with E-state index < -0.39 is 0 Å². The number of phenols is 1. The first-order chi connectivity index (χ1) is 14.0. The van der Waals surface area contributed by atoms with Crippen LogP contribution in [0.4, 0.5) is 11.6 Å². The molecular weight excluding hydrogens is 366 g/mol. The van der Waals surface area contributed by atoms with Gasteiger partial charge in [0, 0.05) is 24.3 Å². The molecule has 0 spiro atoms. The summed E-state index contributed by atoms with van der Waals surface area (Å²) in [6.45, 7) is 4.85. The number of aromatic nitrogens is 5. The van der Waals surface area contributed by atoms with Crippen LogP contribution in [-0.2, 0) is 6.42 Å². The molecule has 1 aromatic carbocycles. The van der Waals surface area contributed by atoms with E-state index in [1.807, 2.05) is 22.8 Å². The fourth-order valence-corrected chi connectivity index (χ4v) is 3.07. The van der Waals surface area contributed by atoms with Gasteiger partial charge >= 0.3 is 0 Å². The first kappa shape index (κ1) is 18.7. The van der Waals surface area contributed by atoms with Crippen molar-refractivity contribution in [1.82, 2.24) is 24.5 Å². The summed E-state index contributed by atoms with van der Waals surface area (Å²) in [5.41, 5.74) is 9.13. The number of hydrogen-bond donors (Lipinski definition) is 3. The summed E-state index contributed by atoms with van der Waals surface area (Å²) in [4.78, 5) is 18.1. The van der Waals surface area contributed by atoms with Crippen molar-refractivity contribution >= 4 is 22.8 Å². The zero-order chi connectivity index (χ0) is 20.4. The summed E-state index contributed by atoms with van der Waals surface area (Å²) < 4.78 is 2.02. The number of fused-ring (bicyclic) bond motifs is 1. The van der Waals surface area contributed by atoms with E-state index >= 15 is 0 Å². The lowest BCUT2D eigenvalue weighted by Gasteiger charge is -2.11. The van der Waals surface area contributed by atoms with Crippen LogP contribution in [-0.4, -0.2) is 36.2 Å². The Morgan fingerprint density at radius 3 is 2.55 bits per heavy atom. The average molecular weight is 389 g/mol. The third-order valence-electron chi connectivity index (χ3n) is 4.66. The van der Waals surface area contributed by atoms with Crippen molar-refractivity contribution in [2.45, 2.75) is 26.3 Å². The minimum absolute atomic E-state index is 0.220. The normalized spacial score (nSPS) is 11.3. The molecule has 8 heteroatoms. The van der Waals surface area contributed by atoms with Crippen molar-refractivity contribution in [3.05, 3.63) is 54.5 Å². The number of nitrogens with one attached hydrogen (secondary N) is 1. The molecule has 8 nitrogen and oxygen atoms in total. The minimum atomic E-state index is 0.220. The van der Waals surface area contributed by atoms with E-state index in [2.05, 4.69) is 29.1 Å². The molecule has 148 valence electrons. The van der Waals surface area contributed by atoms with Crippen LogP contribution in [0.3, 0.4) is 0 Å². The maximum absolute atomic E-state index is 9.43. The van der Waals surface area contributed by atoms with Gasteiger partial charge in [0.25, 0.3) is 0 Å². The van der Waals surface area contributed by atoms with Crippen molar-refractivity contribution in [2.75, 3.05) is 17.6 Å². The van der Waals surface area contributed by atoms with Crippen molar-refractivity contribution in [1.29, 1.82) is 0 Å². The zero-order valence-corrected chi connectivity index (χ0v) is 16.4. The van der Waals surface area contributed by atoms with E-state index in [0.29, 0.717) is 24.0 Å². The van der Waals surface area contributed by atoms with Gasteiger partial charge < -0.3 is 20.7 Å². The average Bonchev–Trinajstić information content (AvgIpc) is 3.14. The van der Waals surface area contributed by atoms with Gasteiger partial charge in [-0.2, -0.15) is 0 Å². The van der Waals surface area contributed by atoms with Gasteiger partial charge in [0.2, 0.25) is 0 Å². The molecule has 0 atom stereocenters. The van der Waals surface area contributed by atoms with Gasteiger partial charge in [-0.3, -0.25) is 0 Å². The molecule has 3 aromatic heterocycles. The monoisotopic (exact) mass is 389 g/mol. The maximum Gasteiger partial charge on any atom is 0.166 e. The summed E-state index contributed by atoms with van der Waals surface area (Å²) in [5, 5.41) is 12.8. The smallest absolute Gasteiger partial charge is 0.166 e. The highest BCUT2D eigenvalue weighted by Gasteiger charge is 2.16. The number of benzene rings is 1. The Morgan fingerprint density at radius 1 is 1.07 bits per heavy atom. The SMILES string of the molecule is CC(C)n1cnc2c(NCCc3ccc(O)cc3)nc(-c3ccc(N)nc3)nc21. The number of pyridine rings is 1. The summed E-state index contributed by atoms with van der Waals surface area (Å²) in [6.07, 6.45) is 4.25. The summed E-state index contributed by atoms with van der Waals surface area (Å²) >= 11 is 0. The molecule has 0 amide bonds. The van der Waals surface area contributed by atoms with Crippen molar-refractivity contribution in [3.63, 3.8) is 0 Å². The van der Waals surface area contributed by atoms with Crippen LogP contribution in [0.5, 0.6) is 5.75 Å². The lowest BCUT2D eigenvalue weighted by molar-refractivity contribution is 0.475. The molecular formula is C21H23N7O. The van der Waals surface area contributed by atoms with Crippen LogP contribution in [0.15, 0.2) is 48.9 Å². The Kier molecular flexibility index (Phi) is 4.99. The quantitative estimate of drug-likeness (QED) is 0.463. The van der Waals surface area contributed by atoms with Gasteiger partial charge in [0.05, 0.1) is 6.33 Å². The van der Waals surface area contributed by atoms with Crippen molar-refractivity contribution in [2.24, 2.45) is 0 Å². The Labute approximate surface area is 168 Å².